The Labute approximate surface area is 138 Å². The zero-order valence-corrected chi connectivity index (χ0v) is 13.5. The lowest BCUT2D eigenvalue weighted by Gasteiger charge is -2.22. The fourth-order valence-corrected chi connectivity index (χ4v) is 3.57. The number of rotatable bonds is 5. The first-order chi connectivity index (χ1) is 11.4. The van der Waals surface area contributed by atoms with Crippen molar-refractivity contribution in [2.45, 2.75) is 44.9 Å². The minimum absolute atomic E-state index is 0.609. The molecule has 3 heteroatoms. The molecular weight excluding hydrogens is 284 g/mol. The molecule has 0 amide bonds. The highest BCUT2D eigenvalue weighted by molar-refractivity contribution is 6.13. The maximum absolute atomic E-state index is 9.53. The predicted molar refractivity (Wildman–Crippen MR) is 93.0 cm³/mol. The molecule has 1 aromatic heterocycles. The van der Waals surface area contributed by atoms with Gasteiger partial charge < -0.3 is 5.21 Å². The van der Waals surface area contributed by atoms with Crippen LogP contribution < -0.4 is 0 Å². The van der Waals surface area contributed by atoms with Gasteiger partial charge in [0, 0.05) is 23.5 Å². The first-order valence-electron chi connectivity index (χ1n) is 8.59. The van der Waals surface area contributed by atoms with E-state index in [1.165, 1.54) is 44.1 Å². The van der Waals surface area contributed by atoms with Crippen LogP contribution in [0.4, 0.5) is 0 Å². The summed E-state index contributed by atoms with van der Waals surface area (Å²) in [6, 6.07) is 12.1. The van der Waals surface area contributed by atoms with Crippen LogP contribution in [0.1, 0.15) is 55.2 Å². The van der Waals surface area contributed by atoms with Gasteiger partial charge in [-0.15, -0.1) is 0 Å². The van der Waals surface area contributed by atoms with Gasteiger partial charge in [0.05, 0.1) is 0 Å². The van der Waals surface area contributed by atoms with Crippen molar-refractivity contribution in [3.05, 3.63) is 65.5 Å². The maximum atomic E-state index is 9.53. The van der Waals surface area contributed by atoms with E-state index in [0.29, 0.717) is 5.71 Å². The van der Waals surface area contributed by atoms with Crippen molar-refractivity contribution in [1.82, 2.24) is 4.98 Å². The van der Waals surface area contributed by atoms with E-state index >= 15 is 0 Å². The summed E-state index contributed by atoms with van der Waals surface area (Å²) in [5, 5.41) is 13.1. The van der Waals surface area contributed by atoms with Gasteiger partial charge in [-0.2, -0.15) is 0 Å². The largest absolute Gasteiger partial charge is 0.410 e. The molecule has 3 rings (SSSR count). The quantitative estimate of drug-likeness (QED) is 0.489. The van der Waals surface area contributed by atoms with E-state index in [1.807, 2.05) is 24.3 Å². The van der Waals surface area contributed by atoms with Crippen LogP contribution in [0.2, 0.25) is 0 Å². The summed E-state index contributed by atoms with van der Waals surface area (Å²) >= 11 is 0. The Kier molecular flexibility index (Phi) is 5.41. The lowest BCUT2D eigenvalue weighted by Crippen LogP contribution is -2.11. The highest BCUT2D eigenvalue weighted by Gasteiger charge is 2.16. The second-order valence-corrected chi connectivity index (χ2v) is 6.39. The molecule has 0 unspecified atom stereocenters. The summed E-state index contributed by atoms with van der Waals surface area (Å²) in [4.78, 5) is 4.14. The molecule has 0 aliphatic heterocycles. The third kappa shape index (κ3) is 3.98. The highest BCUT2D eigenvalue weighted by atomic mass is 16.4. The van der Waals surface area contributed by atoms with Gasteiger partial charge in [-0.25, -0.2) is 0 Å². The van der Waals surface area contributed by atoms with E-state index in [0.717, 1.165) is 23.5 Å². The van der Waals surface area contributed by atoms with Crippen molar-refractivity contribution in [3.8, 4) is 0 Å². The zero-order chi connectivity index (χ0) is 15.9. The molecule has 0 radical (unpaired) electrons. The van der Waals surface area contributed by atoms with Crippen LogP contribution in [0.25, 0.3) is 0 Å². The number of hydrogen-bond donors (Lipinski definition) is 1. The molecule has 0 saturated heterocycles. The van der Waals surface area contributed by atoms with E-state index in [4.69, 9.17) is 0 Å². The number of hydrogen-bond acceptors (Lipinski definition) is 3. The molecule has 3 nitrogen and oxygen atoms in total. The van der Waals surface area contributed by atoms with Gasteiger partial charge in [0.25, 0.3) is 0 Å². The maximum Gasteiger partial charge on any atom is 0.118 e. The van der Waals surface area contributed by atoms with E-state index < -0.39 is 0 Å². The molecule has 1 aliphatic rings. The number of nitrogens with zero attached hydrogens (tertiary/aromatic N) is 2. The summed E-state index contributed by atoms with van der Waals surface area (Å²) in [6.07, 6.45) is 12.6. The monoisotopic (exact) mass is 308 g/mol. The number of oxime groups is 1. The van der Waals surface area contributed by atoms with Crippen molar-refractivity contribution < 1.29 is 5.21 Å². The third-order valence-corrected chi connectivity index (χ3v) is 4.85. The smallest absolute Gasteiger partial charge is 0.118 e. The fraction of sp³-hybridized carbons (Fsp3) is 0.400. The van der Waals surface area contributed by atoms with Gasteiger partial charge in [0.1, 0.15) is 5.71 Å². The van der Waals surface area contributed by atoms with Crippen molar-refractivity contribution in [2.75, 3.05) is 0 Å². The molecule has 1 aliphatic carbocycles. The average Bonchev–Trinajstić information content (AvgIpc) is 2.63. The predicted octanol–water partition coefficient (Wildman–Crippen LogP) is 4.82. The molecule has 1 aromatic carbocycles. The summed E-state index contributed by atoms with van der Waals surface area (Å²) < 4.78 is 0. The Hall–Kier alpha value is -2.16. The van der Waals surface area contributed by atoms with E-state index in [1.54, 1.807) is 12.4 Å². The van der Waals surface area contributed by atoms with E-state index in [2.05, 4.69) is 22.3 Å². The van der Waals surface area contributed by atoms with Crippen LogP contribution in [0.3, 0.4) is 0 Å². The minimum Gasteiger partial charge on any atom is -0.410 e. The SMILES string of the molecule is ON=C(c1cccnc1)c1ccccc1CCC1CCCCC1. The first-order valence-corrected chi connectivity index (χ1v) is 8.59. The topological polar surface area (TPSA) is 45.5 Å². The molecule has 1 fully saturated rings. The van der Waals surface area contributed by atoms with Gasteiger partial charge in [0.15, 0.2) is 0 Å². The second-order valence-electron chi connectivity index (χ2n) is 6.39. The number of benzene rings is 1. The van der Waals surface area contributed by atoms with Crippen molar-refractivity contribution in [2.24, 2.45) is 11.1 Å². The Morgan fingerprint density at radius 1 is 1.09 bits per heavy atom. The molecule has 120 valence electrons. The number of aromatic nitrogens is 1. The van der Waals surface area contributed by atoms with Crippen LogP contribution in [0, 0.1) is 5.92 Å². The van der Waals surface area contributed by atoms with Crippen LogP contribution in [-0.4, -0.2) is 15.9 Å². The number of aryl methyl sites for hydroxylation is 1. The van der Waals surface area contributed by atoms with Gasteiger partial charge in [-0.05, 0) is 36.5 Å². The highest BCUT2D eigenvalue weighted by Crippen LogP contribution is 2.28. The van der Waals surface area contributed by atoms with Crippen molar-refractivity contribution in [3.63, 3.8) is 0 Å². The Morgan fingerprint density at radius 3 is 2.65 bits per heavy atom. The van der Waals surface area contributed by atoms with Gasteiger partial charge >= 0.3 is 0 Å². The lowest BCUT2D eigenvalue weighted by molar-refractivity contribution is 0.319. The number of pyridine rings is 1. The Balaban J connectivity index is 1.79. The van der Waals surface area contributed by atoms with Crippen LogP contribution in [-0.2, 0) is 6.42 Å². The van der Waals surface area contributed by atoms with Crippen LogP contribution in [0.15, 0.2) is 53.9 Å². The molecular formula is C20H24N2O. The van der Waals surface area contributed by atoms with Crippen molar-refractivity contribution >= 4 is 5.71 Å². The summed E-state index contributed by atoms with van der Waals surface area (Å²) in [5.74, 6) is 0.852. The molecule has 0 bridgehead atoms. The summed E-state index contributed by atoms with van der Waals surface area (Å²) in [7, 11) is 0. The molecule has 2 aromatic rings. The Bertz CT molecular complexity index is 646. The van der Waals surface area contributed by atoms with E-state index in [9.17, 15) is 5.21 Å². The molecule has 0 spiro atoms. The van der Waals surface area contributed by atoms with Crippen molar-refractivity contribution in [1.29, 1.82) is 0 Å². The summed E-state index contributed by atoms with van der Waals surface area (Å²) in [5.41, 5.74) is 3.73. The Morgan fingerprint density at radius 2 is 1.91 bits per heavy atom. The molecule has 1 heterocycles. The minimum atomic E-state index is 0.609. The summed E-state index contributed by atoms with van der Waals surface area (Å²) in [6.45, 7) is 0. The lowest BCUT2D eigenvalue weighted by atomic mass is 9.84. The molecule has 23 heavy (non-hydrogen) atoms. The molecule has 1 N–H and O–H groups in total. The van der Waals surface area contributed by atoms with Crippen LogP contribution >= 0.6 is 0 Å². The van der Waals surface area contributed by atoms with E-state index in [-0.39, 0.29) is 0 Å². The third-order valence-electron chi connectivity index (χ3n) is 4.85. The molecule has 1 saturated carbocycles. The zero-order valence-electron chi connectivity index (χ0n) is 13.5. The first kappa shape index (κ1) is 15.7. The standard InChI is InChI=1S/C20H24N2O/c23-22-20(18-10-6-14-21-15-18)19-11-5-4-9-17(19)13-12-16-7-2-1-3-8-16/h4-6,9-11,14-16,23H,1-3,7-8,12-13H2. The normalized spacial score (nSPS) is 16.4. The van der Waals surface area contributed by atoms with Gasteiger partial charge in [-0.1, -0.05) is 61.5 Å². The van der Waals surface area contributed by atoms with Crippen LogP contribution in [0.5, 0.6) is 0 Å². The fourth-order valence-electron chi connectivity index (χ4n) is 3.57. The van der Waals surface area contributed by atoms with Gasteiger partial charge in [0.2, 0.25) is 0 Å². The van der Waals surface area contributed by atoms with Gasteiger partial charge in [-0.3, -0.25) is 4.98 Å². The second kappa shape index (κ2) is 7.91. The average molecular weight is 308 g/mol. The molecule has 0 atom stereocenters.